The molecular weight excluding hydrogens is 393 g/mol. The quantitative estimate of drug-likeness (QED) is 0.522. The van der Waals surface area contributed by atoms with Gasteiger partial charge in [-0.3, -0.25) is 9.59 Å². The standard InChI is InChI=1S/C20H23O4.Y/c1-11-6-5-7-12(2)15(11)16-17(21)13-8-20(9-14(13)18(16)22)10-23-19(3,4)24-20;/h6-7,13-14,16H,8-10H2,1-4H3;/q-1;. The van der Waals surface area contributed by atoms with Crippen molar-refractivity contribution >= 4 is 11.6 Å². The summed E-state index contributed by atoms with van der Waals surface area (Å²) in [6, 6.07) is 6.77. The smallest absolute Gasteiger partial charge is 0.163 e. The van der Waals surface area contributed by atoms with E-state index < -0.39 is 17.3 Å². The fourth-order valence-corrected chi connectivity index (χ4v) is 4.92. The van der Waals surface area contributed by atoms with E-state index in [-0.39, 0.29) is 56.1 Å². The number of carbonyl (C=O) groups is 2. The molecule has 131 valence electrons. The molecule has 1 aromatic carbocycles. The van der Waals surface area contributed by atoms with Gasteiger partial charge in [-0.15, -0.1) is 5.56 Å². The Labute approximate surface area is 173 Å². The van der Waals surface area contributed by atoms with Crippen LogP contribution in [-0.2, 0) is 51.8 Å². The van der Waals surface area contributed by atoms with E-state index in [1.165, 1.54) is 0 Å². The van der Waals surface area contributed by atoms with Gasteiger partial charge in [0.1, 0.15) is 11.6 Å². The van der Waals surface area contributed by atoms with Gasteiger partial charge in [0, 0.05) is 44.5 Å². The molecule has 0 N–H and O–H groups in total. The molecule has 2 aliphatic carbocycles. The molecule has 3 fully saturated rings. The molecule has 25 heavy (non-hydrogen) atoms. The average Bonchev–Trinajstić information content (AvgIpc) is 3.08. The Hall–Kier alpha value is -0.416. The molecule has 1 aliphatic heterocycles. The number of hydrogen-bond donors (Lipinski definition) is 0. The number of benzene rings is 1. The maximum absolute atomic E-state index is 13.1. The van der Waals surface area contributed by atoms with E-state index in [0.717, 1.165) is 16.7 Å². The molecule has 4 rings (SSSR count). The summed E-state index contributed by atoms with van der Waals surface area (Å²) in [4.78, 5) is 26.2. The Bertz CT molecular complexity index is 695. The first-order chi connectivity index (χ1) is 11.2. The molecule has 2 unspecified atom stereocenters. The zero-order chi connectivity index (χ0) is 17.3. The molecule has 1 heterocycles. The number of Topliss-reactive ketones (excluding diaryl/α,β-unsaturated/α-hetero) is 2. The van der Waals surface area contributed by atoms with Crippen LogP contribution in [0.2, 0.25) is 0 Å². The summed E-state index contributed by atoms with van der Waals surface area (Å²) in [5.74, 6) is -1.58. The van der Waals surface area contributed by atoms with Gasteiger partial charge < -0.3 is 9.47 Å². The summed E-state index contributed by atoms with van der Waals surface area (Å²) in [5, 5.41) is 0. The molecule has 5 heteroatoms. The largest absolute Gasteiger partial charge is 0.347 e. The zero-order valence-electron chi connectivity index (χ0n) is 15.2. The van der Waals surface area contributed by atoms with Crippen molar-refractivity contribution in [1.82, 2.24) is 0 Å². The molecule has 1 spiro atoms. The van der Waals surface area contributed by atoms with E-state index in [1.807, 2.05) is 39.8 Å². The van der Waals surface area contributed by atoms with Crippen molar-refractivity contribution in [1.29, 1.82) is 0 Å². The van der Waals surface area contributed by atoms with Crippen molar-refractivity contribution in [2.45, 2.75) is 57.8 Å². The fraction of sp³-hybridized carbons (Fsp3) is 0.600. The van der Waals surface area contributed by atoms with Gasteiger partial charge in [-0.25, -0.2) is 0 Å². The molecule has 0 bridgehead atoms. The average molecular weight is 416 g/mol. The second kappa shape index (κ2) is 6.33. The first kappa shape index (κ1) is 19.3. The Balaban J connectivity index is 0.00000182. The monoisotopic (exact) mass is 416 g/mol. The summed E-state index contributed by atoms with van der Waals surface area (Å²) in [7, 11) is 0. The van der Waals surface area contributed by atoms with Gasteiger partial charge in [-0.1, -0.05) is 13.8 Å². The molecule has 4 nitrogen and oxygen atoms in total. The summed E-state index contributed by atoms with van der Waals surface area (Å²) in [5.41, 5.74) is 2.36. The first-order valence-electron chi connectivity index (χ1n) is 8.62. The SMILES string of the molecule is Cc1c[c-]cc(C)c1C1C(=O)C2CC3(COC(C)(C)O3)CC2C1=O.[Y]. The minimum Gasteiger partial charge on any atom is -0.347 e. The van der Waals surface area contributed by atoms with Gasteiger partial charge in [-0.2, -0.15) is 29.3 Å². The van der Waals surface area contributed by atoms with Crippen LogP contribution < -0.4 is 0 Å². The van der Waals surface area contributed by atoms with Crippen molar-refractivity contribution in [3.8, 4) is 0 Å². The van der Waals surface area contributed by atoms with E-state index >= 15 is 0 Å². The van der Waals surface area contributed by atoms with Gasteiger partial charge in [-0.05, 0) is 26.7 Å². The first-order valence-corrected chi connectivity index (χ1v) is 8.62. The second-order valence-corrected chi connectivity index (χ2v) is 8.07. The van der Waals surface area contributed by atoms with Gasteiger partial charge in [0.15, 0.2) is 5.79 Å². The molecule has 2 atom stereocenters. The van der Waals surface area contributed by atoms with Crippen LogP contribution in [0.25, 0.3) is 0 Å². The van der Waals surface area contributed by atoms with E-state index in [9.17, 15) is 9.59 Å². The Morgan fingerprint density at radius 2 is 1.56 bits per heavy atom. The Kier molecular flexibility index (Phi) is 4.90. The molecule has 0 amide bonds. The van der Waals surface area contributed by atoms with Gasteiger partial charge in [0.05, 0.1) is 18.1 Å². The molecule has 3 aliphatic rings. The van der Waals surface area contributed by atoms with Crippen LogP contribution in [0.3, 0.4) is 0 Å². The van der Waals surface area contributed by atoms with Crippen LogP contribution in [0.5, 0.6) is 0 Å². The van der Waals surface area contributed by atoms with Crippen LogP contribution in [0.15, 0.2) is 12.1 Å². The van der Waals surface area contributed by atoms with E-state index in [2.05, 4.69) is 6.07 Å². The predicted molar refractivity (Wildman–Crippen MR) is 87.6 cm³/mol. The molecule has 1 saturated heterocycles. The fourth-order valence-electron chi connectivity index (χ4n) is 4.92. The maximum atomic E-state index is 13.1. The van der Waals surface area contributed by atoms with Crippen LogP contribution in [0.4, 0.5) is 0 Å². The molecular formula is C20H23O4Y-. The van der Waals surface area contributed by atoms with Crippen LogP contribution in [0, 0.1) is 31.7 Å². The molecule has 1 radical (unpaired) electrons. The third-order valence-corrected chi connectivity index (χ3v) is 5.85. The summed E-state index contributed by atoms with van der Waals surface area (Å²) in [6.07, 6.45) is 1.19. The maximum Gasteiger partial charge on any atom is 0.163 e. The van der Waals surface area contributed by atoms with Crippen molar-refractivity contribution in [2.75, 3.05) is 6.61 Å². The molecule has 0 aromatic heterocycles. The van der Waals surface area contributed by atoms with Crippen LogP contribution in [0.1, 0.15) is 49.3 Å². The van der Waals surface area contributed by atoms with Crippen molar-refractivity contribution in [3.63, 3.8) is 0 Å². The summed E-state index contributed by atoms with van der Waals surface area (Å²) >= 11 is 0. The third kappa shape index (κ3) is 2.99. The Morgan fingerprint density at radius 3 is 2.00 bits per heavy atom. The number of rotatable bonds is 1. The van der Waals surface area contributed by atoms with E-state index in [1.54, 1.807) is 0 Å². The number of ketones is 2. The van der Waals surface area contributed by atoms with Gasteiger partial charge >= 0.3 is 0 Å². The number of hydrogen-bond acceptors (Lipinski definition) is 4. The van der Waals surface area contributed by atoms with Gasteiger partial charge in [0.25, 0.3) is 0 Å². The molecule has 1 aromatic rings. The number of ether oxygens (including phenoxy) is 2. The summed E-state index contributed by atoms with van der Waals surface area (Å²) in [6.45, 7) is 8.14. The third-order valence-electron chi connectivity index (χ3n) is 5.85. The number of aryl methyl sites for hydroxylation is 2. The van der Waals surface area contributed by atoms with E-state index in [0.29, 0.717) is 19.4 Å². The predicted octanol–water partition coefficient (Wildman–Crippen LogP) is 2.88. The number of carbonyl (C=O) groups excluding carboxylic acids is 2. The van der Waals surface area contributed by atoms with Gasteiger partial charge in [0.2, 0.25) is 0 Å². The molecule has 2 saturated carbocycles. The minimum atomic E-state index is -0.632. The van der Waals surface area contributed by atoms with Crippen LogP contribution >= 0.6 is 0 Å². The van der Waals surface area contributed by atoms with Crippen molar-refractivity contribution < 1.29 is 51.8 Å². The van der Waals surface area contributed by atoms with Crippen molar-refractivity contribution in [2.24, 2.45) is 11.8 Å². The van der Waals surface area contributed by atoms with Crippen molar-refractivity contribution in [3.05, 3.63) is 34.9 Å². The number of fused-ring (bicyclic) bond motifs is 1. The van der Waals surface area contributed by atoms with Crippen LogP contribution in [-0.4, -0.2) is 29.6 Å². The minimum absolute atomic E-state index is 0. The Morgan fingerprint density at radius 1 is 1.04 bits per heavy atom. The summed E-state index contributed by atoms with van der Waals surface area (Å²) < 4.78 is 11.8. The second-order valence-electron chi connectivity index (χ2n) is 8.07. The zero-order valence-corrected chi connectivity index (χ0v) is 18.1. The topological polar surface area (TPSA) is 52.6 Å². The normalized spacial score (nSPS) is 35.9. The van der Waals surface area contributed by atoms with E-state index in [4.69, 9.17) is 9.47 Å².